The Morgan fingerprint density at radius 3 is 2.82 bits per heavy atom. The number of nitrogens with two attached hydrogens (primary N) is 1. The number of carbonyl (C=O) groups excluding carboxylic acids is 1. The molecule has 3 aromatic rings. The summed E-state index contributed by atoms with van der Waals surface area (Å²) in [4.78, 5) is 12.5. The molecule has 3 N–H and O–H groups in total. The number of rotatable bonds is 8. The van der Waals surface area contributed by atoms with Crippen LogP contribution in [0.3, 0.4) is 0 Å². The van der Waals surface area contributed by atoms with Crippen molar-refractivity contribution in [3.8, 4) is 11.6 Å². The Labute approximate surface area is 160 Å². The highest BCUT2D eigenvalue weighted by Gasteiger charge is 2.22. The smallest absolute Gasteiger partial charge is 0.292 e. The molecule has 0 radical (unpaired) electrons. The molecule has 0 fully saturated rings. The standard InChI is InChI=1S/C17H20N8O3/c1-3-4-9-27-13-7-5-12(6-8-13)10-19-21-17(26)14-11(2)20-24-25(14)16-15(18)22-28-23-16/h5-8,10H,3-4,9H2,1-2H3,(H2,18,22)(H,21,26)/b19-10-. The summed E-state index contributed by atoms with van der Waals surface area (Å²) in [6, 6.07) is 7.39. The fraction of sp³-hybridized carbons (Fsp3) is 0.294. The van der Waals surface area contributed by atoms with Crippen LogP contribution in [0.4, 0.5) is 5.82 Å². The molecule has 0 spiro atoms. The van der Waals surface area contributed by atoms with E-state index in [9.17, 15) is 4.79 Å². The van der Waals surface area contributed by atoms with E-state index in [-0.39, 0.29) is 17.3 Å². The van der Waals surface area contributed by atoms with Crippen molar-refractivity contribution in [2.24, 2.45) is 5.10 Å². The lowest BCUT2D eigenvalue weighted by Crippen LogP contribution is -2.22. The highest BCUT2D eigenvalue weighted by Crippen LogP contribution is 2.15. The number of unbranched alkanes of at least 4 members (excludes halogenated alkanes) is 1. The summed E-state index contributed by atoms with van der Waals surface area (Å²) in [6.07, 6.45) is 3.61. The number of amides is 1. The molecule has 0 bridgehead atoms. The minimum atomic E-state index is -0.527. The number of nitrogens with zero attached hydrogens (tertiary/aromatic N) is 6. The van der Waals surface area contributed by atoms with Crippen LogP contribution in [0.2, 0.25) is 0 Å². The number of aryl methyl sites for hydroxylation is 1. The molecule has 3 rings (SSSR count). The van der Waals surface area contributed by atoms with E-state index in [0.29, 0.717) is 12.3 Å². The van der Waals surface area contributed by atoms with Crippen molar-refractivity contribution >= 4 is 17.9 Å². The zero-order valence-corrected chi connectivity index (χ0v) is 15.5. The lowest BCUT2D eigenvalue weighted by Gasteiger charge is -2.05. The molecule has 11 nitrogen and oxygen atoms in total. The predicted octanol–water partition coefficient (Wildman–Crippen LogP) is 1.48. The van der Waals surface area contributed by atoms with Crippen LogP contribution in [0, 0.1) is 6.92 Å². The molecule has 2 heterocycles. The third-order valence-corrected chi connectivity index (χ3v) is 3.78. The van der Waals surface area contributed by atoms with Gasteiger partial charge in [0, 0.05) is 0 Å². The molecular formula is C17H20N8O3. The maximum Gasteiger partial charge on any atom is 0.292 e. The van der Waals surface area contributed by atoms with Crippen molar-refractivity contribution in [1.29, 1.82) is 0 Å². The SMILES string of the molecule is CCCCOc1ccc(/C=N\NC(=O)c2c(C)nnn2-c2nonc2N)cc1. The largest absolute Gasteiger partial charge is 0.494 e. The molecule has 0 atom stereocenters. The van der Waals surface area contributed by atoms with Crippen LogP contribution >= 0.6 is 0 Å². The zero-order chi connectivity index (χ0) is 19.9. The van der Waals surface area contributed by atoms with Gasteiger partial charge in [0.25, 0.3) is 5.91 Å². The summed E-state index contributed by atoms with van der Waals surface area (Å²) in [7, 11) is 0. The molecule has 0 aliphatic heterocycles. The maximum atomic E-state index is 12.5. The third kappa shape index (κ3) is 4.31. The second kappa shape index (κ2) is 8.75. The zero-order valence-electron chi connectivity index (χ0n) is 15.5. The molecular weight excluding hydrogens is 364 g/mol. The number of anilines is 1. The van der Waals surface area contributed by atoms with Gasteiger partial charge < -0.3 is 10.5 Å². The number of hydrogen-bond donors (Lipinski definition) is 2. The number of nitrogen functional groups attached to an aromatic ring is 1. The summed E-state index contributed by atoms with van der Waals surface area (Å²) < 4.78 is 11.3. The molecule has 0 saturated heterocycles. The average Bonchev–Trinajstić information content (AvgIpc) is 3.28. The average molecular weight is 384 g/mol. The van der Waals surface area contributed by atoms with Crippen LogP contribution in [-0.2, 0) is 0 Å². The first kappa shape index (κ1) is 19.0. The second-order valence-electron chi connectivity index (χ2n) is 5.88. The number of ether oxygens (including phenoxy) is 1. The maximum absolute atomic E-state index is 12.5. The van der Waals surface area contributed by atoms with Crippen molar-refractivity contribution in [2.45, 2.75) is 26.7 Å². The van der Waals surface area contributed by atoms with Crippen LogP contribution in [0.15, 0.2) is 34.0 Å². The molecule has 146 valence electrons. The summed E-state index contributed by atoms with van der Waals surface area (Å²) >= 11 is 0. The van der Waals surface area contributed by atoms with Crippen molar-refractivity contribution in [2.75, 3.05) is 12.3 Å². The van der Waals surface area contributed by atoms with Gasteiger partial charge in [-0.3, -0.25) is 4.79 Å². The lowest BCUT2D eigenvalue weighted by molar-refractivity contribution is 0.0946. The molecule has 2 aromatic heterocycles. The first-order chi connectivity index (χ1) is 13.6. The molecule has 28 heavy (non-hydrogen) atoms. The van der Waals surface area contributed by atoms with E-state index < -0.39 is 5.91 Å². The molecule has 0 unspecified atom stereocenters. The van der Waals surface area contributed by atoms with Crippen LogP contribution in [0.1, 0.15) is 41.5 Å². The van der Waals surface area contributed by atoms with E-state index in [1.807, 2.05) is 24.3 Å². The van der Waals surface area contributed by atoms with E-state index in [1.165, 1.54) is 6.21 Å². The Bertz CT molecular complexity index is 961. The first-order valence-electron chi connectivity index (χ1n) is 8.67. The van der Waals surface area contributed by atoms with Gasteiger partial charge in [0.05, 0.1) is 18.5 Å². The first-order valence-corrected chi connectivity index (χ1v) is 8.67. The minimum Gasteiger partial charge on any atom is -0.494 e. The fourth-order valence-electron chi connectivity index (χ4n) is 2.31. The monoisotopic (exact) mass is 384 g/mol. The van der Waals surface area contributed by atoms with Gasteiger partial charge in [-0.05, 0) is 53.5 Å². The highest BCUT2D eigenvalue weighted by molar-refractivity contribution is 5.94. The van der Waals surface area contributed by atoms with Gasteiger partial charge in [0.2, 0.25) is 11.6 Å². The van der Waals surface area contributed by atoms with Crippen molar-refractivity contribution < 1.29 is 14.2 Å². The summed E-state index contributed by atoms with van der Waals surface area (Å²) in [5, 5.41) is 18.8. The van der Waals surface area contributed by atoms with E-state index in [1.54, 1.807) is 6.92 Å². The second-order valence-corrected chi connectivity index (χ2v) is 5.88. The summed E-state index contributed by atoms with van der Waals surface area (Å²) in [5.74, 6) is 0.330. The fourth-order valence-corrected chi connectivity index (χ4v) is 2.31. The van der Waals surface area contributed by atoms with Crippen LogP contribution < -0.4 is 15.9 Å². The number of aromatic nitrogens is 5. The van der Waals surface area contributed by atoms with Crippen LogP contribution in [0.25, 0.3) is 5.82 Å². The number of hydrazone groups is 1. The number of carbonyl (C=O) groups is 1. The molecule has 0 aliphatic rings. The summed E-state index contributed by atoms with van der Waals surface area (Å²) in [5.41, 5.74) is 9.39. The topological polar surface area (TPSA) is 146 Å². The van der Waals surface area contributed by atoms with Gasteiger partial charge >= 0.3 is 0 Å². The van der Waals surface area contributed by atoms with E-state index in [0.717, 1.165) is 28.8 Å². The van der Waals surface area contributed by atoms with Crippen LogP contribution in [0.5, 0.6) is 5.75 Å². The Morgan fingerprint density at radius 2 is 2.14 bits per heavy atom. The molecule has 1 aromatic carbocycles. The van der Waals surface area contributed by atoms with Crippen molar-refractivity contribution in [3.05, 3.63) is 41.2 Å². The number of benzene rings is 1. The Morgan fingerprint density at radius 1 is 1.36 bits per heavy atom. The molecule has 0 saturated carbocycles. The van der Waals surface area contributed by atoms with Crippen molar-refractivity contribution in [3.63, 3.8) is 0 Å². The highest BCUT2D eigenvalue weighted by atomic mass is 16.6. The van der Waals surface area contributed by atoms with Gasteiger partial charge in [0.1, 0.15) is 5.75 Å². The Balaban J connectivity index is 1.65. The third-order valence-electron chi connectivity index (χ3n) is 3.78. The molecule has 11 heteroatoms. The van der Waals surface area contributed by atoms with Crippen molar-refractivity contribution in [1.82, 2.24) is 30.7 Å². The Kier molecular flexibility index (Phi) is 5.94. The predicted molar refractivity (Wildman–Crippen MR) is 100 cm³/mol. The lowest BCUT2D eigenvalue weighted by atomic mass is 10.2. The minimum absolute atomic E-state index is 0.0105. The molecule has 0 aliphatic carbocycles. The number of nitrogens with one attached hydrogen (secondary N) is 1. The molecule has 1 amide bonds. The van der Waals surface area contributed by atoms with E-state index >= 15 is 0 Å². The van der Waals surface area contributed by atoms with Gasteiger partial charge in [-0.25, -0.2) is 10.1 Å². The van der Waals surface area contributed by atoms with Crippen LogP contribution in [-0.4, -0.2) is 44.0 Å². The normalized spacial score (nSPS) is 11.1. The van der Waals surface area contributed by atoms with Gasteiger partial charge in [-0.1, -0.05) is 18.6 Å². The van der Waals surface area contributed by atoms with Gasteiger partial charge in [0.15, 0.2) is 5.69 Å². The van der Waals surface area contributed by atoms with Gasteiger partial charge in [-0.15, -0.1) is 5.10 Å². The summed E-state index contributed by atoms with van der Waals surface area (Å²) in [6.45, 7) is 4.43. The Hall–Kier alpha value is -3.76. The van der Waals surface area contributed by atoms with E-state index in [4.69, 9.17) is 10.5 Å². The van der Waals surface area contributed by atoms with E-state index in [2.05, 4.69) is 42.7 Å². The quantitative estimate of drug-likeness (QED) is 0.337. The van der Waals surface area contributed by atoms with Gasteiger partial charge in [-0.2, -0.15) is 9.78 Å². The number of hydrogen-bond acceptors (Lipinski definition) is 9.